The normalized spacial score (nSPS) is 11.2. The molecule has 10 heteroatoms. The Labute approximate surface area is 202 Å². The second-order valence-corrected chi connectivity index (χ2v) is 7.74. The van der Waals surface area contributed by atoms with Crippen molar-refractivity contribution < 1.29 is 14.3 Å². The molecule has 0 N–H and O–H groups in total. The zero-order valence-electron chi connectivity index (χ0n) is 18.5. The molecule has 0 aliphatic rings. The van der Waals surface area contributed by atoms with Crippen molar-refractivity contribution in [3.8, 4) is 17.0 Å². The van der Waals surface area contributed by atoms with E-state index in [0.717, 1.165) is 0 Å². The molecule has 0 atom stereocenters. The van der Waals surface area contributed by atoms with E-state index in [4.69, 9.17) is 4.42 Å². The number of aromatic nitrogens is 2. The summed E-state index contributed by atoms with van der Waals surface area (Å²) in [5.74, 6) is 1.30. The lowest BCUT2D eigenvalue weighted by molar-refractivity contribution is -0.385. The number of nitrogens with zero attached hydrogens (tertiary/aromatic N) is 4. The van der Waals surface area contributed by atoms with Crippen molar-refractivity contribution >= 4 is 34.4 Å². The highest BCUT2D eigenvalue weighted by Crippen LogP contribution is 2.26. The summed E-state index contributed by atoms with van der Waals surface area (Å²) in [4.78, 5) is 38.9. The third-order valence-electron chi connectivity index (χ3n) is 5.51. The third-order valence-corrected chi connectivity index (χ3v) is 5.51. The molecule has 5 rings (SSSR count). The van der Waals surface area contributed by atoms with Crippen molar-refractivity contribution in [2.75, 3.05) is 0 Å². The van der Waals surface area contributed by atoms with E-state index < -0.39 is 9.85 Å². The van der Waals surface area contributed by atoms with Crippen molar-refractivity contribution in [3.63, 3.8) is 0 Å². The zero-order chi connectivity index (χ0) is 25.2. The van der Waals surface area contributed by atoms with Gasteiger partial charge in [-0.25, -0.2) is 4.98 Å². The van der Waals surface area contributed by atoms with Gasteiger partial charge < -0.3 is 4.42 Å². The summed E-state index contributed by atoms with van der Waals surface area (Å²) in [5, 5.41) is 22.3. The van der Waals surface area contributed by atoms with Crippen LogP contribution in [0.15, 0.2) is 94.1 Å². The first-order valence-electron chi connectivity index (χ1n) is 10.7. The van der Waals surface area contributed by atoms with Gasteiger partial charge in [-0.05, 0) is 60.7 Å². The van der Waals surface area contributed by atoms with Crippen molar-refractivity contribution in [2.45, 2.75) is 0 Å². The minimum absolute atomic E-state index is 0.0166. The van der Waals surface area contributed by atoms with Gasteiger partial charge in [-0.15, -0.1) is 0 Å². The second-order valence-electron chi connectivity index (χ2n) is 7.74. The van der Waals surface area contributed by atoms with Crippen LogP contribution >= 0.6 is 0 Å². The van der Waals surface area contributed by atoms with Crippen LogP contribution in [0.1, 0.15) is 11.6 Å². The van der Waals surface area contributed by atoms with Crippen molar-refractivity contribution in [3.05, 3.63) is 127 Å². The Morgan fingerprint density at radius 3 is 2.08 bits per heavy atom. The average Bonchev–Trinajstić information content (AvgIpc) is 3.37. The van der Waals surface area contributed by atoms with Gasteiger partial charge >= 0.3 is 0 Å². The molecule has 0 fully saturated rings. The van der Waals surface area contributed by atoms with E-state index in [1.807, 2.05) is 0 Å². The SMILES string of the molecule is O=c1c2ccccc2nc(/C=C/c2ccc(-c3ccc([N+](=O)[O-])cc3)o2)n1-c1ccc([N+](=O)[O-])cc1. The Morgan fingerprint density at radius 1 is 0.778 bits per heavy atom. The van der Waals surface area contributed by atoms with Crippen molar-refractivity contribution in [1.29, 1.82) is 0 Å². The van der Waals surface area contributed by atoms with Gasteiger partial charge in [0.15, 0.2) is 0 Å². The van der Waals surface area contributed by atoms with Gasteiger partial charge in [0.1, 0.15) is 17.3 Å². The largest absolute Gasteiger partial charge is 0.457 e. The molecule has 2 heterocycles. The molecule has 0 saturated heterocycles. The number of benzene rings is 3. The minimum atomic E-state index is -0.508. The molecule has 176 valence electrons. The summed E-state index contributed by atoms with van der Waals surface area (Å²) < 4.78 is 7.23. The summed E-state index contributed by atoms with van der Waals surface area (Å²) in [7, 11) is 0. The van der Waals surface area contributed by atoms with Crippen LogP contribution < -0.4 is 5.56 Å². The van der Waals surface area contributed by atoms with Gasteiger partial charge in [-0.2, -0.15) is 0 Å². The number of rotatable bonds is 6. The third kappa shape index (κ3) is 4.26. The Kier molecular flexibility index (Phi) is 5.67. The van der Waals surface area contributed by atoms with E-state index in [9.17, 15) is 25.0 Å². The van der Waals surface area contributed by atoms with E-state index in [1.54, 1.807) is 60.7 Å². The van der Waals surface area contributed by atoms with Crippen molar-refractivity contribution in [1.82, 2.24) is 9.55 Å². The maximum absolute atomic E-state index is 13.3. The van der Waals surface area contributed by atoms with Gasteiger partial charge in [0.25, 0.3) is 16.9 Å². The van der Waals surface area contributed by atoms with Crippen LogP contribution in [0.25, 0.3) is 40.1 Å². The number of nitro benzene ring substituents is 2. The van der Waals surface area contributed by atoms with E-state index >= 15 is 0 Å². The summed E-state index contributed by atoms with van der Waals surface area (Å²) >= 11 is 0. The lowest BCUT2D eigenvalue weighted by Crippen LogP contribution is -2.22. The van der Waals surface area contributed by atoms with E-state index in [0.29, 0.717) is 39.5 Å². The Hall–Kier alpha value is -5.38. The lowest BCUT2D eigenvalue weighted by Gasteiger charge is -2.11. The zero-order valence-corrected chi connectivity index (χ0v) is 18.5. The van der Waals surface area contributed by atoms with Crippen LogP contribution in [0.5, 0.6) is 0 Å². The number of hydrogen-bond donors (Lipinski definition) is 0. The van der Waals surface area contributed by atoms with Gasteiger partial charge in [-0.1, -0.05) is 12.1 Å². The molecular formula is C26H16N4O6. The molecular weight excluding hydrogens is 464 g/mol. The standard InChI is InChI=1S/C26H16N4O6/c31-26-22-3-1-2-4-23(22)27-25(28(26)18-9-11-20(12-10-18)30(34)35)16-14-21-13-15-24(36-21)17-5-7-19(8-6-17)29(32)33/h1-16H/b16-14+. The van der Waals surface area contributed by atoms with Gasteiger partial charge in [0, 0.05) is 29.8 Å². The molecule has 0 radical (unpaired) electrons. The van der Waals surface area contributed by atoms with Crippen molar-refractivity contribution in [2.24, 2.45) is 0 Å². The smallest absolute Gasteiger partial charge is 0.269 e. The molecule has 0 saturated carbocycles. The Balaban J connectivity index is 1.54. The fourth-order valence-electron chi connectivity index (χ4n) is 3.74. The van der Waals surface area contributed by atoms with Crippen LogP contribution in [0.3, 0.4) is 0 Å². The van der Waals surface area contributed by atoms with Crippen LogP contribution in [0.4, 0.5) is 11.4 Å². The maximum Gasteiger partial charge on any atom is 0.269 e. The first kappa shape index (κ1) is 22.4. The van der Waals surface area contributed by atoms with Crippen LogP contribution in [-0.4, -0.2) is 19.4 Å². The molecule has 0 bridgehead atoms. The number of hydrogen-bond acceptors (Lipinski definition) is 7. The summed E-state index contributed by atoms with van der Waals surface area (Å²) in [6, 6.07) is 22.0. The predicted molar refractivity (Wildman–Crippen MR) is 134 cm³/mol. The van der Waals surface area contributed by atoms with E-state index in [1.165, 1.54) is 41.0 Å². The highest BCUT2D eigenvalue weighted by atomic mass is 16.6. The highest BCUT2D eigenvalue weighted by Gasteiger charge is 2.13. The average molecular weight is 480 g/mol. The molecule has 3 aromatic carbocycles. The molecule has 10 nitrogen and oxygen atoms in total. The monoisotopic (exact) mass is 480 g/mol. The quantitative estimate of drug-likeness (QED) is 0.227. The fraction of sp³-hybridized carbons (Fsp3) is 0. The van der Waals surface area contributed by atoms with E-state index in [-0.39, 0.29) is 16.9 Å². The van der Waals surface area contributed by atoms with Crippen LogP contribution in [0, 0.1) is 20.2 Å². The molecule has 5 aromatic rings. The number of para-hydroxylation sites is 1. The first-order chi connectivity index (χ1) is 17.4. The Bertz CT molecular complexity index is 1700. The molecule has 0 unspecified atom stereocenters. The number of furan rings is 1. The van der Waals surface area contributed by atoms with Gasteiger partial charge in [0.2, 0.25) is 0 Å². The summed E-state index contributed by atoms with van der Waals surface area (Å²) in [6.45, 7) is 0. The second kappa shape index (κ2) is 9.11. The molecule has 0 aliphatic carbocycles. The molecule has 2 aromatic heterocycles. The molecule has 36 heavy (non-hydrogen) atoms. The molecule has 0 spiro atoms. The predicted octanol–water partition coefficient (Wildman–Crippen LogP) is 5.63. The van der Waals surface area contributed by atoms with Gasteiger partial charge in [-0.3, -0.25) is 29.6 Å². The maximum atomic E-state index is 13.3. The minimum Gasteiger partial charge on any atom is -0.457 e. The summed E-state index contributed by atoms with van der Waals surface area (Å²) in [6.07, 6.45) is 3.26. The van der Waals surface area contributed by atoms with Crippen LogP contribution in [0.2, 0.25) is 0 Å². The molecule has 0 amide bonds. The number of non-ortho nitro benzene ring substituents is 2. The van der Waals surface area contributed by atoms with E-state index in [2.05, 4.69) is 4.98 Å². The van der Waals surface area contributed by atoms with Gasteiger partial charge in [0.05, 0.1) is 26.4 Å². The Morgan fingerprint density at radius 2 is 1.42 bits per heavy atom. The topological polar surface area (TPSA) is 134 Å². The first-order valence-corrected chi connectivity index (χ1v) is 10.7. The number of fused-ring (bicyclic) bond motifs is 1. The number of nitro groups is 2. The fourth-order valence-corrected chi connectivity index (χ4v) is 3.74. The molecule has 0 aliphatic heterocycles. The van der Waals surface area contributed by atoms with Crippen LogP contribution in [-0.2, 0) is 0 Å². The highest BCUT2D eigenvalue weighted by molar-refractivity contribution is 5.80. The summed E-state index contributed by atoms with van der Waals surface area (Å²) in [5.41, 5.74) is 1.18. The lowest BCUT2D eigenvalue weighted by atomic mass is 10.1.